The van der Waals surface area contributed by atoms with Crippen LogP contribution in [-0.2, 0) is 0 Å². The third kappa shape index (κ3) is 4.17. The van der Waals surface area contributed by atoms with Crippen molar-refractivity contribution < 1.29 is 4.42 Å². The number of oxazole rings is 1. The van der Waals surface area contributed by atoms with Crippen molar-refractivity contribution in [2.24, 2.45) is 0 Å². The zero-order chi connectivity index (χ0) is 36.1. The summed E-state index contributed by atoms with van der Waals surface area (Å²) in [7, 11) is -2.92. The number of anilines is 3. The Morgan fingerprint density at radius 2 is 0.927 bits per heavy atom. The van der Waals surface area contributed by atoms with Gasteiger partial charge in [0.1, 0.15) is 5.52 Å². The fourth-order valence-corrected chi connectivity index (χ4v) is 15.7. The highest BCUT2D eigenvalue weighted by atomic mass is 28.3. The summed E-state index contributed by atoms with van der Waals surface area (Å²) in [6, 6.07) is 66.5. The quantitative estimate of drug-likeness (QED) is 0.171. The lowest BCUT2D eigenvalue weighted by molar-refractivity contribution is 0.620. The molecule has 1 atom stereocenters. The Balaban J connectivity index is 1.11. The van der Waals surface area contributed by atoms with Crippen LogP contribution in [0.25, 0.3) is 68.1 Å². The average molecular weight is 717 g/mol. The molecule has 4 heterocycles. The normalized spacial score (nSPS) is 15.6. The van der Waals surface area contributed by atoms with Crippen LogP contribution in [-0.4, -0.2) is 13.1 Å². The number of rotatable bonds is 3. The van der Waals surface area contributed by atoms with Crippen LogP contribution >= 0.6 is 0 Å². The molecule has 0 radical (unpaired) electrons. The van der Waals surface area contributed by atoms with Crippen molar-refractivity contribution in [1.82, 2.24) is 4.98 Å². The molecule has 0 amide bonds. The Kier molecular flexibility index (Phi) is 6.36. The minimum atomic E-state index is -2.92. The first kappa shape index (κ1) is 30.4. The van der Waals surface area contributed by atoms with Gasteiger partial charge >= 0.3 is 0 Å². The molecule has 9 aromatic rings. The smallest absolute Gasteiger partial charge is 0.227 e. The van der Waals surface area contributed by atoms with Gasteiger partial charge in [-0.15, -0.1) is 0 Å². The summed E-state index contributed by atoms with van der Waals surface area (Å²) in [6.07, 6.45) is 4.45. The summed E-state index contributed by atoms with van der Waals surface area (Å²) >= 11 is 0. The van der Waals surface area contributed by atoms with Gasteiger partial charge in [-0.1, -0.05) is 152 Å². The van der Waals surface area contributed by atoms with E-state index in [1.165, 1.54) is 76.6 Å². The van der Waals surface area contributed by atoms with E-state index in [0.717, 1.165) is 22.4 Å². The molecule has 4 heteroatoms. The molecule has 0 N–H and O–H groups in total. The second-order valence-corrected chi connectivity index (χ2v) is 18.2. The van der Waals surface area contributed by atoms with Crippen LogP contribution in [0.5, 0.6) is 0 Å². The summed E-state index contributed by atoms with van der Waals surface area (Å²) in [5.41, 5.74) is 16.3. The van der Waals surface area contributed by atoms with E-state index in [9.17, 15) is 0 Å². The summed E-state index contributed by atoms with van der Waals surface area (Å²) in [4.78, 5) is 7.50. The van der Waals surface area contributed by atoms with Gasteiger partial charge < -0.3 is 9.32 Å². The molecule has 12 rings (SSSR count). The summed E-state index contributed by atoms with van der Waals surface area (Å²) < 4.78 is 6.60. The largest absolute Gasteiger partial charge is 0.436 e. The van der Waals surface area contributed by atoms with Crippen LogP contribution in [0.3, 0.4) is 0 Å². The molecule has 1 unspecified atom stereocenters. The summed E-state index contributed by atoms with van der Waals surface area (Å²) in [5.74, 6) is 0.679. The van der Waals surface area contributed by atoms with Crippen molar-refractivity contribution in [2.45, 2.75) is 0 Å². The maximum absolute atomic E-state index is 6.60. The number of hydrogen-bond acceptors (Lipinski definition) is 3. The third-order valence-electron chi connectivity index (χ3n) is 11.9. The fourth-order valence-electron chi connectivity index (χ4n) is 9.71. The maximum atomic E-state index is 6.60. The lowest BCUT2D eigenvalue weighted by Gasteiger charge is -2.31. The van der Waals surface area contributed by atoms with Gasteiger partial charge in [0, 0.05) is 11.3 Å². The van der Waals surface area contributed by atoms with E-state index >= 15 is 0 Å². The van der Waals surface area contributed by atoms with Gasteiger partial charge in [0.25, 0.3) is 0 Å². The highest BCUT2D eigenvalue weighted by molar-refractivity contribution is 7.25. The van der Waals surface area contributed by atoms with Crippen molar-refractivity contribution in [3.8, 4) is 44.8 Å². The first-order valence-corrected chi connectivity index (χ1v) is 20.9. The second kappa shape index (κ2) is 11.5. The Morgan fingerprint density at radius 1 is 0.418 bits per heavy atom. The number of nitrogens with zero attached hydrogens (tertiary/aromatic N) is 2. The standard InChI is InChI=1S/C51H32N2OSi/c1-6-22-44-34(13-1)27-28-35-14-2-7-23-45(35)53(44)36-31-29-33(30-32-36)37-17-11-18-40-38-15-3-9-25-47(38)55(49(37)40)48-26-10-4-16-39(48)41-19-12-20-42(50(41)55)51-52-43-21-5-8-24-46(43)54-51/h1-32H. The van der Waals surface area contributed by atoms with E-state index in [2.05, 4.69) is 175 Å². The number of benzene rings is 8. The number of hydrogen-bond donors (Lipinski definition) is 0. The van der Waals surface area contributed by atoms with Gasteiger partial charge in [-0.05, 0) is 108 Å². The SMILES string of the molecule is C1=Cc2ccccc2N(c2ccc(-c3cccc4c3[Si]3(c5ccccc5-4)c4ccccc4-c4cccc(-c5nc6ccccc6o5)c43)cc2)c2ccccc21. The van der Waals surface area contributed by atoms with E-state index < -0.39 is 8.07 Å². The van der Waals surface area contributed by atoms with E-state index in [0.29, 0.717) is 5.89 Å². The Hall–Kier alpha value is -7.01. The predicted octanol–water partition coefficient (Wildman–Crippen LogP) is 10.5. The lowest BCUT2D eigenvalue weighted by Crippen LogP contribution is -2.71. The van der Waals surface area contributed by atoms with Crippen molar-refractivity contribution in [3.05, 3.63) is 193 Å². The second-order valence-electron chi connectivity index (χ2n) is 14.6. The summed E-state index contributed by atoms with van der Waals surface area (Å²) in [6.45, 7) is 0. The van der Waals surface area contributed by atoms with Crippen molar-refractivity contribution in [2.75, 3.05) is 4.90 Å². The Bertz CT molecular complexity index is 2970. The lowest BCUT2D eigenvalue weighted by atomic mass is 9.98. The van der Waals surface area contributed by atoms with E-state index in [4.69, 9.17) is 9.40 Å². The van der Waals surface area contributed by atoms with Gasteiger partial charge in [0.05, 0.1) is 11.4 Å². The van der Waals surface area contributed by atoms with Crippen LogP contribution in [0, 0.1) is 0 Å². The predicted molar refractivity (Wildman–Crippen MR) is 230 cm³/mol. The zero-order valence-corrected chi connectivity index (χ0v) is 30.8. The van der Waals surface area contributed by atoms with E-state index in [-0.39, 0.29) is 0 Å². The van der Waals surface area contributed by atoms with Crippen molar-refractivity contribution in [1.29, 1.82) is 0 Å². The first-order valence-electron chi connectivity index (χ1n) is 18.9. The van der Waals surface area contributed by atoms with Crippen LogP contribution in [0.2, 0.25) is 0 Å². The van der Waals surface area contributed by atoms with Crippen LogP contribution in [0.15, 0.2) is 186 Å². The molecular formula is C51H32N2OSi. The van der Waals surface area contributed by atoms with Crippen LogP contribution in [0.4, 0.5) is 17.1 Å². The van der Waals surface area contributed by atoms with Gasteiger partial charge in [-0.25, -0.2) is 4.98 Å². The topological polar surface area (TPSA) is 29.3 Å². The molecular weight excluding hydrogens is 685 g/mol. The number of para-hydroxylation sites is 4. The average Bonchev–Trinajstić information content (AvgIpc) is 3.87. The maximum Gasteiger partial charge on any atom is 0.227 e. The van der Waals surface area contributed by atoms with Gasteiger partial charge in [-0.2, -0.15) is 0 Å². The molecule has 8 aromatic carbocycles. The molecule has 0 bridgehead atoms. The molecule has 3 aliphatic rings. The van der Waals surface area contributed by atoms with Crippen LogP contribution < -0.4 is 25.6 Å². The number of fused-ring (bicyclic) bond motifs is 13. The Labute approximate surface area is 320 Å². The third-order valence-corrected chi connectivity index (χ3v) is 16.9. The monoisotopic (exact) mass is 716 g/mol. The van der Waals surface area contributed by atoms with Gasteiger partial charge in [-0.3, -0.25) is 0 Å². The zero-order valence-electron chi connectivity index (χ0n) is 29.8. The molecule has 0 fully saturated rings. The minimum Gasteiger partial charge on any atom is -0.436 e. The van der Waals surface area contributed by atoms with E-state index in [1.807, 2.05) is 24.3 Å². The van der Waals surface area contributed by atoms with E-state index in [1.54, 1.807) is 0 Å². The molecule has 0 saturated carbocycles. The molecule has 3 aliphatic heterocycles. The van der Waals surface area contributed by atoms with Crippen LogP contribution in [0.1, 0.15) is 11.1 Å². The number of aromatic nitrogens is 1. The molecule has 55 heavy (non-hydrogen) atoms. The highest BCUT2D eigenvalue weighted by Crippen LogP contribution is 2.44. The molecule has 3 nitrogen and oxygen atoms in total. The van der Waals surface area contributed by atoms with Gasteiger partial charge in [0.2, 0.25) is 5.89 Å². The fraction of sp³-hybridized carbons (Fsp3) is 0. The van der Waals surface area contributed by atoms with Gasteiger partial charge in [0.15, 0.2) is 13.7 Å². The minimum absolute atomic E-state index is 0.679. The Morgan fingerprint density at radius 3 is 1.58 bits per heavy atom. The molecule has 256 valence electrons. The van der Waals surface area contributed by atoms with Crippen molar-refractivity contribution >= 4 is 69.1 Å². The molecule has 0 saturated heterocycles. The highest BCUT2D eigenvalue weighted by Gasteiger charge is 2.56. The molecule has 0 aliphatic carbocycles. The summed E-state index contributed by atoms with van der Waals surface area (Å²) in [5, 5.41) is 5.65. The van der Waals surface area contributed by atoms with Crippen molar-refractivity contribution in [3.63, 3.8) is 0 Å². The molecule has 1 spiro atoms. The first-order chi connectivity index (χ1) is 27.3. The molecule has 1 aromatic heterocycles.